The first-order valence-corrected chi connectivity index (χ1v) is 4.54. The number of rotatable bonds is 3. The number of carboxylic acid groups (broad SMARTS) is 1. The van der Waals surface area contributed by atoms with Crippen molar-refractivity contribution in [3.63, 3.8) is 0 Å². The number of aromatic amines is 1. The molecule has 13 heavy (non-hydrogen) atoms. The highest BCUT2D eigenvalue weighted by molar-refractivity contribution is 5.87. The average Bonchev–Trinajstić information content (AvgIpc) is 2.84. The first kappa shape index (κ1) is 8.29. The highest BCUT2D eigenvalue weighted by Gasteiger charge is 2.31. The number of nitrogens with zero attached hydrogens (tertiary/aromatic N) is 1. The van der Waals surface area contributed by atoms with Gasteiger partial charge in [-0.1, -0.05) is 6.92 Å². The molecule has 4 nitrogen and oxygen atoms in total. The molecule has 0 spiro atoms. The van der Waals surface area contributed by atoms with Crippen molar-refractivity contribution < 1.29 is 9.90 Å². The summed E-state index contributed by atoms with van der Waals surface area (Å²) in [6, 6.07) is 0. The van der Waals surface area contributed by atoms with Gasteiger partial charge in [0.05, 0.1) is 5.69 Å². The van der Waals surface area contributed by atoms with Crippen molar-refractivity contribution in [1.82, 2.24) is 9.97 Å². The molecule has 0 amide bonds. The largest absolute Gasteiger partial charge is 0.477 e. The fourth-order valence-corrected chi connectivity index (χ4v) is 1.42. The first-order valence-electron chi connectivity index (χ1n) is 4.54. The van der Waals surface area contributed by atoms with E-state index in [0.717, 1.165) is 30.8 Å². The molecule has 0 aliphatic heterocycles. The van der Waals surface area contributed by atoms with E-state index in [0.29, 0.717) is 11.6 Å². The van der Waals surface area contributed by atoms with Gasteiger partial charge in [0.25, 0.3) is 0 Å². The van der Waals surface area contributed by atoms with Gasteiger partial charge in [-0.25, -0.2) is 9.78 Å². The van der Waals surface area contributed by atoms with Gasteiger partial charge in [-0.05, 0) is 12.8 Å². The van der Waals surface area contributed by atoms with Gasteiger partial charge >= 0.3 is 5.97 Å². The number of nitrogens with one attached hydrogen (secondary N) is 1. The van der Waals surface area contributed by atoms with E-state index >= 15 is 0 Å². The van der Waals surface area contributed by atoms with E-state index in [4.69, 9.17) is 5.11 Å². The summed E-state index contributed by atoms with van der Waals surface area (Å²) < 4.78 is 0. The van der Waals surface area contributed by atoms with Crippen molar-refractivity contribution in [3.05, 3.63) is 17.2 Å². The van der Waals surface area contributed by atoms with Gasteiger partial charge in [0.15, 0.2) is 0 Å². The van der Waals surface area contributed by atoms with E-state index in [9.17, 15) is 4.79 Å². The van der Waals surface area contributed by atoms with E-state index in [-0.39, 0.29) is 0 Å². The van der Waals surface area contributed by atoms with Gasteiger partial charge in [0.1, 0.15) is 11.5 Å². The fourth-order valence-electron chi connectivity index (χ4n) is 1.42. The SMILES string of the molecule is CCc1nc(C2CC2)c(C(=O)O)[nH]1. The van der Waals surface area contributed by atoms with Crippen LogP contribution < -0.4 is 0 Å². The minimum atomic E-state index is -0.894. The number of imidazole rings is 1. The summed E-state index contributed by atoms with van der Waals surface area (Å²) in [6.45, 7) is 1.96. The van der Waals surface area contributed by atoms with Crippen LogP contribution in [0.2, 0.25) is 0 Å². The lowest BCUT2D eigenvalue weighted by atomic mass is 10.2. The zero-order valence-corrected chi connectivity index (χ0v) is 7.50. The maximum absolute atomic E-state index is 10.8. The van der Waals surface area contributed by atoms with Crippen molar-refractivity contribution in [2.75, 3.05) is 0 Å². The summed E-state index contributed by atoms with van der Waals surface area (Å²) in [5, 5.41) is 8.88. The van der Waals surface area contributed by atoms with E-state index in [1.54, 1.807) is 0 Å². The lowest BCUT2D eigenvalue weighted by Gasteiger charge is -1.91. The molecule has 0 saturated heterocycles. The number of carboxylic acids is 1. The molecule has 0 atom stereocenters. The molecule has 0 bridgehead atoms. The number of carbonyl (C=O) groups is 1. The standard InChI is InChI=1S/C9H12N2O2/c1-2-6-10-7(5-3-4-5)8(11-6)9(12)13/h5H,2-4H2,1H3,(H,10,11)(H,12,13). The Morgan fingerprint density at radius 1 is 1.69 bits per heavy atom. The number of aromatic nitrogens is 2. The Morgan fingerprint density at radius 2 is 2.38 bits per heavy atom. The summed E-state index contributed by atoms with van der Waals surface area (Å²) >= 11 is 0. The van der Waals surface area contributed by atoms with Gasteiger partial charge < -0.3 is 10.1 Å². The third-order valence-corrected chi connectivity index (χ3v) is 2.29. The Bertz CT molecular complexity index is 339. The predicted octanol–water partition coefficient (Wildman–Crippen LogP) is 1.55. The van der Waals surface area contributed by atoms with Crippen molar-refractivity contribution in [2.24, 2.45) is 0 Å². The molecule has 70 valence electrons. The number of aromatic carboxylic acids is 1. The first-order chi connectivity index (χ1) is 6.22. The predicted molar refractivity (Wildman–Crippen MR) is 46.9 cm³/mol. The van der Waals surface area contributed by atoms with Gasteiger partial charge in [0, 0.05) is 12.3 Å². The Hall–Kier alpha value is -1.32. The molecule has 4 heteroatoms. The van der Waals surface area contributed by atoms with Crippen LogP contribution in [0.5, 0.6) is 0 Å². The second-order valence-corrected chi connectivity index (χ2v) is 3.38. The maximum atomic E-state index is 10.8. The highest BCUT2D eigenvalue weighted by Crippen LogP contribution is 2.40. The lowest BCUT2D eigenvalue weighted by Crippen LogP contribution is -2.00. The van der Waals surface area contributed by atoms with Crippen molar-refractivity contribution in [1.29, 1.82) is 0 Å². The molecule has 1 fully saturated rings. The van der Waals surface area contributed by atoms with Crippen LogP contribution in [0.25, 0.3) is 0 Å². The third-order valence-electron chi connectivity index (χ3n) is 2.29. The Morgan fingerprint density at radius 3 is 2.85 bits per heavy atom. The molecule has 1 aromatic rings. The van der Waals surface area contributed by atoms with E-state index in [1.165, 1.54) is 0 Å². The number of aryl methyl sites for hydroxylation is 1. The molecule has 1 saturated carbocycles. The van der Waals surface area contributed by atoms with Crippen LogP contribution in [0, 0.1) is 0 Å². The minimum absolute atomic E-state index is 0.291. The van der Waals surface area contributed by atoms with Crippen molar-refractivity contribution in [2.45, 2.75) is 32.1 Å². The van der Waals surface area contributed by atoms with Gasteiger partial charge in [0.2, 0.25) is 0 Å². The molecule has 0 radical (unpaired) electrons. The molecule has 1 heterocycles. The van der Waals surface area contributed by atoms with Crippen LogP contribution in [0.3, 0.4) is 0 Å². The lowest BCUT2D eigenvalue weighted by molar-refractivity contribution is 0.0689. The van der Waals surface area contributed by atoms with Crippen LogP contribution in [0.15, 0.2) is 0 Å². The van der Waals surface area contributed by atoms with E-state index in [1.807, 2.05) is 6.92 Å². The third kappa shape index (κ3) is 1.43. The second-order valence-electron chi connectivity index (χ2n) is 3.38. The zero-order valence-electron chi connectivity index (χ0n) is 7.50. The van der Waals surface area contributed by atoms with Gasteiger partial charge in [-0.2, -0.15) is 0 Å². The van der Waals surface area contributed by atoms with Crippen LogP contribution in [0.1, 0.15) is 47.7 Å². The number of hydrogen-bond donors (Lipinski definition) is 2. The normalized spacial score (nSPS) is 16.1. The van der Waals surface area contributed by atoms with Crippen LogP contribution in [-0.2, 0) is 6.42 Å². The second kappa shape index (κ2) is 2.87. The molecular formula is C9H12N2O2. The Labute approximate surface area is 76.0 Å². The summed E-state index contributed by atoms with van der Waals surface area (Å²) in [5.41, 5.74) is 1.05. The average molecular weight is 180 g/mol. The highest BCUT2D eigenvalue weighted by atomic mass is 16.4. The van der Waals surface area contributed by atoms with Crippen molar-refractivity contribution in [3.8, 4) is 0 Å². The smallest absolute Gasteiger partial charge is 0.354 e. The summed E-state index contributed by atoms with van der Waals surface area (Å²) in [7, 11) is 0. The van der Waals surface area contributed by atoms with E-state index < -0.39 is 5.97 Å². The number of hydrogen-bond acceptors (Lipinski definition) is 2. The van der Waals surface area contributed by atoms with Crippen LogP contribution in [-0.4, -0.2) is 21.0 Å². The topological polar surface area (TPSA) is 66.0 Å². The molecule has 1 aliphatic carbocycles. The van der Waals surface area contributed by atoms with Crippen LogP contribution >= 0.6 is 0 Å². The molecule has 0 unspecified atom stereocenters. The van der Waals surface area contributed by atoms with Crippen molar-refractivity contribution >= 4 is 5.97 Å². The van der Waals surface area contributed by atoms with Crippen LogP contribution in [0.4, 0.5) is 0 Å². The minimum Gasteiger partial charge on any atom is -0.477 e. The summed E-state index contributed by atoms with van der Waals surface area (Å²) in [6.07, 6.45) is 2.91. The monoisotopic (exact) mass is 180 g/mol. The fraction of sp³-hybridized carbons (Fsp3) is 0.556. The maximum Gasteiger partial charge on any atom is 0.354 e. The zero-order chi connectivity index (χ0) is 9.42. The molecule has 0 aromatic carbocycles. The molecule has 2 rings (SSSR count). The molecular weight excluding hydrogens is 168 g/mol. The Kier molecular flexibility index (Phi) is 1.83. The Balaban J connectivity index is 2.39. The number of H-pyrrole nitrogens is 1. The van der Waals surface area contributed by atoms with Gasteiger partial charge in [-0.15, -0.1) is 0 Å². The summed E-state index contributed by atoms with van der Waals surface area (Å²) in [4.78, 5) is 17.9. The molecule has 1 aromatic heterocycles. The molecule has 1 aliphatic rings. The van der Waals surface area contributed by atoms with E-state index in [2.05, 4.69) is 9.97 Å². The summed E-state index contributed by atoms with van der Waals surface area (Å²) in [5.74, 6) is 0.274. The molecule has 2 N–H and O–H groups in total. The quantitative estimate of drug-likeness (QED) is 0.741. The van der Waals surface area contributed by atoms with Gasteiger partial charge in [-0.3, -0.25) is 0 Å².